The minimum absolute atomic E-state index is 0.0699. The topological polar surface area (TPSA) is 35.6 Å². The number of aryl methyl sites for hydroxylation is 2. The highest BCUT2D eigenvalue weighted by atomic mass is 35.5. The third-order valence-electron chi connectivity index (χ3n) is 4.16. The summed E-state index contributed by atoms with van der Waals surface area (Å²) in [5.41, 5.74) is 3.63. The van der Waals surface area contributed by atoms with Gasteiger partial charge >= 0.3 is 0 Å². The summed E-state index contributed by atoms with van der Waals surface area (Å²) in [6.45, 7) is 7.44. The van der Waals surface area contributed by atoms with Gasteiger partial charge in [0.1, 0.15) is 11.3 Å². The van der Waals surface area contributed by atoms with Crippen molar-refractivity contribution in [2.75, 3.05) is 0 Å². The molecule has 2 heterocycles. The van der Waals surface area contributed by atoms with Crippen molar-refractivity contribution in [3.8, 4) is 0 Å². The van der Waals surface area contributed by atoms with Crippen LogP contribution in [0.3, 0.4) is 0 Å². The first-order valence-electron chi connectivity index (χ1n) is 7.01. The van der Waals surface area contributed by atoms with Crippen molar-refractivity contribution in [3.05, 3.63) is 11.5 Å². The lowest BCUT2D eigenvalue weighted by atomic mass is 10.1. The maximum atomic E-state index is 6.32. The van der Waals surface area contributed by atoms with Crippen molar-refractivity contribution in [1.82, 2.24) is 19.3 Å². The fourth-order valence-corrected chi connectivity index (χ4v) is 2.88. The summed E-state index contributed by atoms with van der Waals surface area (Å²) in [5.74, 6) is 0.979. The summed E-state index contributed by atoms with van der Waals surface area (Å²) >= 11 is 6.32. The van der Waals surface area contributed by atoms with E-state index in [-0.39, 0.29) is 5.38 Å². The van der Waals surface area contributed by atoms with E-state index in [2.05, 4.69) is 23.5 Å². The van der Waals surface area contributed by atoms with Crippen LogP contribution in [-0.2, 0) is 20.0 Å². The predicted molar refractivity (Wildman–Crippen MR) is 77.5 cm³/mol. The van der Waals surface area contributed by atoms with Crippen molar-refractivity contribution in [3.63, 3.8) is 0 Å². The van der Waals surface area contributed by atoms with Gasteiger partial charge in [-0.2, -0.15) is 5.10 Å². The lowest BCUT2D eigenvalue weighted by Gasteiger charge is -2.15. The van der Waals surface area contributed by atoms with Gasteiger partial charge in [0.25, 0.3) is 0 Å². The largest absolute Gasteiger partial charge is 0.311 e. The first-order valence-corrected chi connectivity index (χ1v) is 7.45. The van der Waals surface area contributed by atoms with Crippen LogP contribution in [0.15, 0.2) is 0 Å². The molecule has 0 amide bonds. The molecule has 19 heavy (non-hydrogen) atoms. The molecule has 4 nitrogen and oxygen atoms in total. The normalized spacial score (nSPS) is 19.0. The van der Waals surface area contributed by atoms with Gasteiger partial charge in [0.15, 0.2) is 5.65 Å². The number of fused-ring (bicyclic) bond motifs is 1. The average molecular weight is 281 g/mol. The van der Waals surface area contributed by atoms with E-state index in [1.807, 2.05) is 18.7 Å². The maximum Gasteiger partial charge on any atom is 0.158 e. The molecule has 1 atom stereocenters. The van der Waals surface area contributed by atoms with Crippen LogP contribution < -0.4 is 0 Å². The molecule has 2 aromatic rings. The minimum atomic E-state index is -0.0699. The molecule has 1 saturated carbocycles. The zero-order valence-corrected chi connectivity index (χ0v) is 12.8. The van der Waals surface area contributed by atoms with Crippen LogP contribution in [-0.4, -0.2) is 19.3 Å². The summed E-state index contributed by atoms with van der Waals surface area (Å²) in [5, 5.41) is 4.50. The molecule has 1 fully saturated rings. The molecule has 1 aliphatic carbocycles. The van der Waals surface area contributed by atoms with Gasteiger partial charge in [0.05, 0.1) is 11.1 Å². The highest BCUT2D eigenvalue weighted by molar-refractivity contribution is 6.20. The second-order valence-corrected chi connectivity index (χ2v) is 6.73. The third kappa shape index (κ3) is 2.06. The third-order valence-corrected chi connectivity index (χ3v) is 4.35. The average Bonchev–Trinajstić information content (AvgIpc) is 2.84. The molecule has 1 unspecified atom stereocenters. The first kappa shape index (κ1) is 13.0. The smallest absolute Gasteiger partial charge is 0.158 e. The molecule has 0 radical (unpaired) electrons. The summed E-state index contributed by atoms with van der Waals surface area (Å²) in [7, 11) is 2.00. The number of alkyl halides is 1. The van der Waals surface area contributed by atoms with E-state index in [0.717, 1.165) is 35.6 Å². The standard InChI is InChI=1S/C14H21ClN4/c1-5-10-11-13(18(4)17-10)19(8-14(3)6-7-14)12(16-11)9(2)15/h9H,5-8H2,1-4H3. The van der Waals surface area contributed by atoms with Gasteiger partial charge in [0.2, 0.25) is 0 Å². The second kappa shape index (κ2) is 4.23. The first-order chi connectivity index (χ1) is 8.95. The number of hydrogen-bond acceptors (Lipinski definition) is 2. The zero-order chi connectivity index (χ0) is 13.8. The van der Waals surface area contributed by atoms with Crippen molar-refractivity contribution in [2.24, 2.45) is 12.5 Å². The van der Waals surface area contributed by atoms with Crippen molar-refractivity contribution in [1.29, 1.82) is 0 Å². The number of hydrogen-bond donors (Lipinski definition) is 0. The van der Waals surface area contributed by atoms with E-state index in [0.29, 0.717) is 5.41 Å². The van der Waals surface area contributed by atoms with Crippen LogP contribution in [0.1, 0.15) is 50.5 Å². The Morgan fingerprint density at radius 3 is 2.63 bits per heavy atom. The van der Waals surface area contributed by atoms with Crippen LogP contribution in [0.5, 0.6) is 0 Å². The van der Waals surface area contributed by atoms with Crippen molar-refractivity contribution >= 4 is 22.8 Å². The fraction of sp³-hybridized carbons (Fsp3) is 0.714. The van der Waals surface area contributed by atoms with Crippen molar-refractivity contribution in [2.45, 2.75) is 52.0 Å². The lowest BCUT2D eigenvalue weighted by molar-refractivity contribution is 0.455. The number of nitrogens with zero attached hydrogens (tertiary/aromatic N) is 4. The van der Waals surface area contributed by atoms with Crippen LogP contribution in [0.4, 0.5) is 0 Å². The van der Waals surface area contributed by atoms with E-state index in [9.17, 15) is 0 Å². The van der Waals surface area contributed by atoms with E-state index in [1.165, 1.54) is 12.8 Å². The predicted octanol–water partition coefficient (Wildman–Crippen LogP) is 3.43. The lowest BCUT2D eigenvalue weighted by Crippen LogP contribution is -2.14. The molecule has 104 valence electrons. The van der Waals surface area contributed by atoms with Gasteiger partial charge in [0, 0.05) is 13.6 Å². The minimum Gasteiger partial charge on any atom is -0.311 e. The van der Waals surface area contributed by atoms with Gasteiger partial charge in [-0.15, -0.1) is 11.6 Å². The number of halogens is 1. The molecular formula is C14H21ClN4. The maximum absolute atomic E-state index is 6.32. The molecule has 3 rings (SSSR count). The second-order valence-electron chi connectivity index (χ2n) is 6.08. The van der Waals surface area contributed by atoms with E-state index >= 15 is 0 Å². The van der Waals surface area contributed by atoms with Crippen LogP contribution >= 0.6 is 11.6 Å². The van der Waals surface area contributed by atoms with Gasteiger partial charge < -0.3 is 4.57 Å². The van der Waals surface area contributed by atoms with Crippen LogP contribution in [0.2, 0.25) is 0 Å². The van der Waals surface area contributed by atoms with E-state index in [4.69, 9.17) is 16.6 Å². The Morgan fingerprint density at radius 1 is 1.42 bits per heavy atom. The Labute approximate surface area is 118 Å². The van der Waals surface area contributed by atoms with E-state index in [1.54, 1.807) is 0 Å². The molecule has 1 aliphatic rings. The summed E-state index contributed by atoms with van der Waals surface area (Å²) in [6.07, 6.45) is 3.49. The Morgan fingerprint density at radius 2 is 2.11 bits per heavy atom. The molecular weight excluding hydrogens is 260 g/mol. The highest BCUT2D eigenvalue weighted by Gasteiger charge is 2.39. The highest BCUT2D eigenvalue weighted by Crippen LogP contribution is 2.47. The van der Waals surface area contributed by atoms with Crippen LogP contribution in [0, 0.1) is 5.41 Å². The monoisotopic (exact) mass is 280 g/mol. The summed E-state index contributed by atoms with van der Waals surface area (Å²) in [6, 6.07) is 0. The Kier molecular flexibility index (Phi) is 2.89. The SMILES string of the molecule is CCc1nn(C)c2c1nc(C(C)Cl)n2CC1(C)CC1. The number of rotatable bonds is 4. The molecule has 0 aromatic carbocycles. The van der Waals surface area contributed by atoms with Gasteiger partial charge in [-0.05, 0) is 31.6 Å². The van der Waals surface area contributed by atoms with Gasteiger partial charge in [-0.3, -0.25) is 4.68 Å². The Hall–Kier alpha value is -1.03. The molecule has 5 heteroatoms. The zero-order valence-electron chi connectivity index (χ0n) is 12.1. The summed E-state index contributed by atoms with van der Waals surface area (Å²) < 4.78 is 4.24. The van der Waals surface area contributed by atoms with Crippen molar-refractivity contribution < 1.29 is 0 Å². The van der Waals surface area contributed by atoms with Gasteiger partial charge in [-0.1, -0.05) is 13.8 Å². The fourth-order valence-electron chi connectivity index (χ4n) is 2.71. The molecule has 0 saturated heterocycles. The number of imidazole rings is 1. The van der Waals surface area contributed by atoms with E-state index < -0.39 is 0 Å². The van der Waals surface area contributed by atoms with Gasteiger partial charge in [-0.25, -0.2) is 4.98 Å². The molecule has 0 spiro atoms. The Balaban J connectivity index is 2.19. The Bertz CT molecular complexity index is 619. The number of aromatic nitrogens is 4. The molecule has 0 bridgehead atoms. The molecule has 0 N–H and O–H groups in total. The van der Waals surface area contributed by atoms with Crippen LogP contribution in [0.25, 0.3) is 11.2 Å². The molecule has 2 aromatic heterocycles. The summed E-state index contributed by atoms with van der Waals surface area (Å²) in [4.78, 5) is 4.76. The quantitative estimate of drug-likeness (QED) is 0.805. The molecule has 0 aliphatic heterocycles.